The second kappa shape index (κ2) is 8.21. The van der Waals surface area contributed by atoms with Crippen LogP contribution in [-0.2, 0) is 9.59 Å². The Kier molecular flexibility index (Phi) is 6.02. The van der Waals surface area contributed by atoms with E-state index in [1.54, 1.807) is 24.3 Å². The minimum Gasteiger partial charge on any atom is -0.497 e. The lowest BCUT2D eigenvalue weighted by Gasteiger charge is -2.05. The van der Waals surface area contributed by atoms with Gasteiger partial charge in [-0.25, -0.2) is 9.82 Å². The standard InChI is InChI=1S/C16H13BrFN3O3/c1-24-12-4-2-3-10(7-12)9-19-21-16(23)15(22)20-14-6-5-11(17)8-13(14)18/h2-9H,1H3,(H,20,22)(H,21,23). The average Bonchev–Trinajstić information content (AvgIpc) is 2.57. The number of ether oxygens (including phenoxy) is 1. The van der Waals surface area contributed by atoms with Crippen molar-refractivity contribution in [3.05, 3.63) is 58.3 Å². The van der Waals surface area contributed by atoms with E-state index in [9.17, 15) is 14.0 Å². The van der Waals surface area contributed by atoms with Gasteiger partial charge in [0.15, 0.2) is 0 Å². The maximum absolute atomic E-state index is 13.6. The number of benzene rings is 2. The highest BCUT2D eigenvalue weighted by Crippen LogP contribution is 2.19. The van der Waals surface area contributed by atoms with Crippen LogP contribution in [0, 0.1) is 5.82 Å². The van der Waals surface area contributed by atoms with Gasteiger partial charge in [-0.3, -0.25) is 9.59 Å². The summed E-state index contributed by atoms with van der Waals surface area (Å²) in [5, 5.41) is 5.84. The molecule has 0 spiro atoms. The topological polar surface area (TPSA) is 79.8 Å². The summed E-state index contributed by atoms with van der Waals surface area (Å²) in [5.74, 6) is -2.07. The van der Waals surface area contributed by atoms with Gasteiger partial charge in [0, 0.05) is 4.47 Å². The zero-order valence-corrected chi connectivity index (χ0v) is 14.1. The molecule has 0 bridgehead atoms. The molecule has 2 aromatic rings. The van der Waals surface area contributed by atoms with E-state index in [1.165, 1.54) is 31.5 Å². The lowest BCUT2D eigenvalue weighted by atomic mass is 10.2. The van der Waals surface area contributed by atoms with Crippen molar-refractivity contribution < 1.29 is 18.7 Å². The van der Waals surface area contributed by atoms with Crippen molar-refractivity contribution in [1.82, 2.24) is 5.43 Å². The first kappa shape index (κ1) is 17.6. The predicted molar refractivity (Wildman–Crippen MR) is 91.5 cm³/mol. The molecule has 0 aliphatic heterocycles. The highest BCUT2D eigenvalue weighted by atomic mass is 79.9. The van der Waals surface area contributed by atoms with Crippen LogP contribution in [0.15, 0.2) is 52.0 Å². The molecule has 0 fully saturated rings. The first-order valence-corrected chi connectivity index (χ1v) is 7.52. The first-order chi connectivity index (χ1) is 11.5. The first-order valence-electron chi connectivity index (χ1n) is 6.73. The molecule has 2 aromatic carbocycles. The van der Waals surface area contributed by atoms with E-state index in [2.05, 4.69) is 31.8 Å². The second-order valence-corrected chi connectivity index (χ2v) is 5.47. The third kappa shape index (κ3) is 4.88. The number of nitrogens with zero attached hydrogens (tertiary/aromatic N) is 1. The minimum absolute atomic E-state index is 0.102. The van der Waals surface area contributed by atoms with E-state index < -0.39 is 17.6 Å². The summed E-state index contributed by atoms with van der Waals surface area (Å²) in [6.07, 6.45) is 1.36. The van der Waals surface area contributed by atoms with Gasteiger partial charge in [-0.15, -0.1) is 0 Å². The molecule has 0 aromatic heterocycles. The Bertz CT molecular complexity index is 796. The summed E-state index contributed by atoms with van der Waals surface area (Å²) < 4.78 is 19.2. The maximum Gasteiger partial charge on any atom is 0.329 e. The molecule has 2 amide bonds. The van der Waals surface area contributed by atoms with Crippen LogP contribution >= 0.6 is 15.9 Å². The van der Waals surface area contributed by atoms with Crippen molar-refractivity contribution >= 4 is 39.6 Å². The highest BCUT2D eigenvalue weighted by molar-refractivity contribution is 9.10. The molecule has 2 N–H and O–H groups in total. The van der Waals surface area contributed by atoms with Crippen LogP contribution in [0.5, 0.6) is 5.75 Å². The van der Waals surface area contributed by atoms with Gasteiger partial charge in [0.2, 0.25) is 0 Å². The van der Waals surface area contributed by atoms with Gasteiger partial charge in [-0.2, -0.15) is 5.10 Å². The molecule has 0 aliphatic carbocycles. The van der Waals surface area contributed by atoms with Crippen LogP contribution in [0.2, 0.25) is 0 Å². The van der Waals surface area contributed by atoms with Gasteiger partial charge in [-0.05, 0) is 35.9 Å². The number of hydrazone groups is 1. The largest absolute Gasteiger partial charge is 0.497 e. The van der Waals surface area contributed by atoms with Gasteiger partial charge in [0.25, 0.3) is 0 Å². The number of carbonyl (C=O) groups excluding carboxylic acids is 2. The summed E-state index contributed by atoms with van der Waals surface area (Å²) >= 11 is 3.10. The van der Waals surface area contributed by atoms with Crippen LogP contribution in [-0.4, -0.2) is 25.1 Å². The highest BCUT2D eigenvalue weighted by Gasteiger charge is 2.15. The molecule has 0 unspecified atom stereocenters. The SMILES string of the molecule is COc1cccc(C=NNC(=O)C(=O)Nc2ccc(Br)cc2F)c1. The van der Waals surface area contributed by atoms with Crippen LogP contribution in [0.25, 0.3) is 0 Å². The molecule has 6 nitrogen and oxygen atoms in total. The number of nitrogens with one attached hydrogen (secondary N) is 2. The van der Waals surface area contributed by atoms with E-state index in [4.69, 9.17) is 4.74 Å². The lowest BCUT2D eigenvalue weighted by molar-refractivity contribution is -0.136. The molecule has 124 valence electrons. The van der Waals surface area contributed by atoms with Gasteiger partial charge < -0.3 is 10.1 Å². The van der Waals surface area contributed by atoms with Crippen molar-refractivity contribution in [3.8, 4) is 5.75 Å². The van der Waals surface area contributed by atoms with E-state index in [-0.39, 0.29) is 5.69 Å². The molecule has 24 heavy (non-hydrogen) atoms. The number of rotatable bonds is 4. The zero-order chi connectivity index (χ0) is 17.5. The van der Waals surface area contributed by atoms with Gasteiger partial charge in [0.05, 0.1) is 19.0 Å². The summed E-state index contributed by atoms with van der Waals surface area (Å²) in [6.45, 7) is 0. The Labute approximate surface area is 145 Å². The fraction of sp³-hybridized carbons (Fsp3) is 0.0625. The number of hydrogen-bond acceptors (Lipinski definition) is 4. The summed E-state index contributed by atoms with van der Waals surface area (Å²) in [6, 6.07) is 11.0. The van der Waals surface area contributed by atoms with Crippen LogP contribution < -0.4 is 15.5 Å². The Hall–Kier alpha value is -2.74. The molecule has 0 saturated heterocycles. The molecule has 0 heterocycles. The molecule has 8 heteroatoms. The van der Waals surface area contributed by atoms with Gasteiger partial charge >= 0.3 is 11.8 Å². The lowest BCUT2D eigenvalue weighted by Crippen LogP contribution is -2.32. The maximum atomic E-state index is 13.6. The van der Waals surface area contributed by atoms with E-state index in [0.717, 1.165) is 0 Å². The van der Waals surface area contributed by atoms with E-state index in [0.29, 0.717) is 15.8 Å². The van der Waals surface area contributed by atoms with Crippen molar-refractivity contribution in [2.45, 2.75) is 0 Å². The molecular weight excluding hydrogens is 381 g/mol. The number of halogens is 2. The van der Waals surface area contributed by atoms with Crippen molar-refractivity contribution in [2.75, 3.05) is 12.4 Å². The molecule has 0 atom stereocenters. The zero-order valence-electron chi connectivity index (χ0n) is 12.5. The molecular formula is C16H13BrFN3O3. The molecule has 2 rings (SSSR count). The fourth-order valence-electron chi connectivity index (χ4n) is 1.71. The van der Waals surface area contributed by atoms with E-state index >= 15 is 0 Å². The molecule has 0 aliphatic rings. The third-order valence-corrected chi connectivity index (χ3v) is 3.35. The number of anilines is 1. The fourth-order valence-corrected chi connectivity index (χ4v) is 2.04. The quantitative estimate of drug-likeness (QED) is 0.476. The predicted octanol–water partition coefficient (Wildman–Crippen LogP) is 2.69. The van der Waals surface area contributed by atoms with Crippen molar-refractivity contribution in [2.24, 2.45) is 5.10 Å². The summed E-state index contributed by atoms with van der Waals surface area (Å²) in [5.41, 5.74) is 2.64. The summed E-state index contributed by atoms with van der Waals surface area (Å²) in [7, 11) is 1.53. The normalized spacial score (nSPS) is 10.5. The van der Waals surface area contributed by atoms with Crippen molar-refractivity contribution in [1.29, 1.82) is 0 Å². The Balaban J connectivity index is 1.93. The number of hydrogen-bond donors (Lipinski definition) is 2. The number of amides is 2. The monoisotopic (exact) mass is 393 g/mol. The molecule has 0 saturated carbocycles. The number of carbonyl (C=O) groups is 2. The minimum atomic E-state index is -1.03. The van der Waals surface area contributed by atoms with Crippen LogP contribution in [0.1, 0.15) is 5.56 Å². The number of methoxy groups -OCH3 is 1. The molecule has 0 radical (unpaired) electrons. The smallest absolute Gasteiger partial charge is 0.329 e. The van der Waals surface area contributed by atoms with Crippen LogP contribution in [0.3, 0.4) is 0 Å². The van der Waals surface area contributed by atoms with Gasteiger partial charge in [0.1, 0.15) is 11.6 Å². The van der Waals surface area contributed by atoms with Crippen molar-refractivity contribution in [3.63, 3.8) is 0 Å². The van der Waals surface area contributed by atoms with Gasteiger partial charge in [-0.1, -0.05) is 28.1 Å². The average molecular weight is 394 g/mol. The van der Waals surface area contributed by atoms with E-state index in [1.807, 2.05) is 0 Å². The third-order valence-electron chi connectivity index (χ3n) is 2.86. The second-order valence-electron chi connectivity index (χ2n) is 4.55. The summed E-state index contributed by atoms with van der Waals surface area (Å²) in [4.78, 5) is 23.3. The van der Waals surface area contributed by atoms with Crippen LogP contribution in [0.4, 0.5) is 10.1 Å². The Morgan fingerprint density at radius 2 is 2.00 bits per heavy atom. The Morgan fingerprint density at radius 1 is 1.21 bits per heavy atom. The Morgan fingerprint density at radius 3 is 2.71 bits per heavy atom.